The molecular formula is C12H19NO3S2. The molecule has 4 nitrogen and oxygen atoms in total. The molecule has 1 aliphatic rings. The van der Waals surface area contributed by atoms with Crippen molar-refractivity contribution in [3.63, 3.8) is 0 Å². The summed E-state index contributed by atoms with van der Waals surface area (Å²) in [4.78, 5) is 1.05. The first-order chi connectivity index (χ1) is 8.45. The maximum atomic E-state index is 12.4. The molecule has 1 saturated heterocycles. The van der Waals surface area contributed by atoms with Crippen LogP contribution in [0.15, 0.2) is 10.3 Å². The van der Waals surface area contributed by atoms with Gasteiger partial charge < -0.3 is 5.11 Å². The van der Waals surface area contributed by atoms with Crippen molar-refractivity contribution in [2.75, 3.05) is 19.7 Å². The van der Waals surface area contributed by atoms with Crippen LogP contribution in [-0.4, -0.2) is 37.5 Å². The molecule has 0 unspecified atom stereocenters. The zero-order chi connectivity index (χ0) is 13.3. The highest BCUT2D eigenvalue weighted by Gasteiger charge is 2.30. The number of piperidine rings is 1. The molecule has 102 valence electrons. The molecule has 0 amide bonds. The van der Waals surface area contributed by atoms with Gasteiger partial charge >= 0.3 is 0 Å². The van der Waals surface area contributed by atoms with Crippen LogP contribution in [0.4, 0.5) is 0 Å². The smallest absolute Gasteiger partial charge is 0.252 e. The highest BCUT2D eigenvalue weighted by atomic mass is 32.2. The lowest BCUT2D eigenvalue weighted by molar-refractivity contribution is 0.170. The van der Waals surface area contributed by atoms with Crippen molar-refractivity contribution in [1.82, 2.24) is 4.31 Å². The molecule has 1 aliphatic heterocycles. The van der Waals surface area contributed by atoms with Crippen molar-refractivity contribution in [2.24, 2.45) is 5.92 Å². The SMILES string of the molecule is Cc1cc(S(=O)(=O)N2CCC(CO)CC2)sc1C. The van der Waals surface area contributed by atoms with E-state index < -0.39 is 10.0 Å². The van der Waals surface area contributed by atoms with Crippen molar-refractivity contribution < 1.29 is 13.5 Å². The van der Waals surface area contributed by atoms with E-state index in [0.29, 0.717) is 17.3 Å². The van der Waals surface area contributed by atoms with E-state index in [0.717, 1.165) is 23.3 Å². The van der Waals surface area contributed by atoms with Crippen molar-refractivity contribution in [1.29, 1.82) is 0 Å². The van der Waals surface area contributed by atoms with E-state index in [9.17, 15) is 8.42 Å². The minimum absolute atomic E-state index is 0.158. The van der Waals surface area contributed by atoms with Gasteiger partial charge in [0, 0.05) is 24.6 Å². The van der Waals surface area contributed by atoms with E-state index in [-0.39, 0.29) is 12.5 Å². The third-order valence-electron chi connectivity index (χ3n) is 3.57. The van der Waals surface area contributed by atoms with Crippen LogP contribution < -0.4 is 0 Å². The molecule has 1 aromatic heterocycles. The van der Waals surface area contributed by atoms with Gasteiger partial charge in [-0.1, -0.05) is 0 Å². The van der Waals surface area contributed by atoms with E-state index in [1.807, 2.05) is 13.8 Å². The van der Waals surface area contributed by atoms with Crippen LogP contribution in [0.25, 0.3) is 0 Å². The normalized spacial score (nSPS) is 19.3. The summed E-state index contributed by atoms with van der Waals surface area (Å²) in [5, 5.41) is 9.07. The van der Waals surface area contributed by atoms with Gasteiger partial charge in [0.2, 0.25) is 0 Å². The zero-order valence-corrected chi connectivity index (χ0v) is 12.4. The number of hydrogen-bond donors (Lipinski definition) is 1. The number of rotatable bonds is 3. The Morgan fingerprint density at radius 2 is 2.00 bits per heavy atom. The largest absolute Gasteiger partial charge is 0.396 e. The molecule has 1 fully saturated rings. The average Bonchev–Trinajstić information content (AvgIpc) is 2.70. The van der Waals surface area contributed by atoms with Crippen LogP contribution in [0.3, 0.4) is 0 Å². The molecule has 0 aromatic carbocycles. The van der Waals surface area contributed by atoms with E-state index in [2.05, 4.69) is 0 Å². The molecule has 2 heterocycles. The number of aliphatic hydroxyl groups is 1. The van der Waals surface area contributed by atoms with Crippen LogP contribution >= 0.6 is 11.3 Å². The predicted molar refractivity (Wildman–Crippen MR) is 72.4 cm³/mol. The Bertz CT molecular complexity index is 494. The topological polar surface area (TPSA) is 57.6 Å². The molecule has 0 bridgehead atoms. The summed E-state index contributed by atoms with van der Waals surface area (Å²) in [6.45, 7) is 5.07. The molecule has 18 heavy (non-hydrogen) atoms. The van der Waals surface area contributed by atoms with Gasteiger partial charge in [-0.15, -0.1) is 11.3 Å². The Balaban J connectivity index is 2.17. The van der Waals surface area contributed by atoms with Crippen molar-refractivity contribution >= 4 is 21.4 Å². The summed E-state index contributed by atoms with van der Waals surface area (Å²) in [6.07, 6.45) is 1.50. The summed E-state index contributed by atoms with van der Waals surface area (Å²) < 4.78 is 26.8. The van der Waals surface area contributed by atoms with Crippen LogP contribution in [0, 0.1) is 19.8 Å². The fourth-order valence-corrected chi connectivity index (χ4v) is 5.27. The molecule has 0 aliphatic carbocycles. The first kappa shape index (κ1) is 14.0. The van der Waals surface area contributed by atoms with Gasteiger partial charge in [0.1, 0.15) is 4.21 Å². The van der Waals surface area contributed by atoms with Gasteiger partial charge in [0.15, 0.2) is 0 Å². The fraction of sp³-hybridized carbons (Fsp3) is 0.667. The van der Waals surface area contributed by atoms with Gasteiger partial charge in [0.25, 0.3) is 10.0 Å². The van der Waals surface area contributed by atoms with Crippen LogP contribution in [0.1, 0.15) is 23.3 Å². The van der Waals surface area contributed by atoms with Gasteiger partial charge in [-0.3, -0.25) is 0 Å². The predicted octanol–water partition coefficient (Wildman–Crippen LogP) is 1.76. The van der Waals surface area contributed by atoms with Gasteiger partial charge in [-0.2, -0.15) is 4.31 Å². The highest BCUT2D eigenvalue weighted by Crippen LogP contribution is 2.30. The van der Waals surface area contributed by atoms with E-state index in [1.165, 1.54) is 11.3 Å². The van der Waals surface area contributed by atoms with Gasteiger partial charge in [-0.25, -0.2) is 8.42 Å². The maximum absolute atomic E-state index is 12.4. The summed E-state index contributed by atoms with van der Waals surface area (Å²) in [6, 6.07) is 1.76. The lowest BCUT2D eigenvalue weighted by Gasteiger charge is -2.29. The summed E-state index contributed by atoms with van der Waals surface area (Å²) in [5.74, 6) is 0.253. The second-order valence-electron chi connectivity index (χ2n) is 4.83. The Labute approximate surface area is 112 Å². The summed E-state index contributed by atoms with van der Waals surface area (Å²) >= 11 is 1.34. The number of thiophene rings is 1. The third-order valence-corrected chi connectivity index (χ3v) is 7.07. The maximum Gasteiger partial charge on any atom is 0.252 e. The van der Waals surface area contributed by atoms with E-state index in [4.69, 9.17) is 5.11 Å². The third kappa shape index (κ3) is 2.61. The van der Waals surface area contributed by atoms with Crippen LogP contribution in [-0.2, 0) is 10.0 Å². The Kier molecular flexibility index (Phi) is 4.11. The summed E-state index contributed by atoms with van der Waals surface area (Å²) in [7, 11) is -3.33. The minimum atomic E-state index is -3.33. The molecule has 0 radical (unpaired) electrons. The molecular weight excluding hydrogens is 270 g/mol. The molecule has 1 aromatic rings. The minimum Gasteiger partial charge on any atom is -0.396 e. The average molecular weight is 289 g/mol. The number of nitrogens with zero attached hydrogens (tertiary/aromatic N) is 1. The number of hydrogen-bond acceptors (Lipinski definition) is 4. The quantitative estimate of drug-likeness (QED) is 0.922. The Hall–Kier alpha value is -0.430. The van der Waals surface area contributed by atoms with Gasteiger partial charge in [0.05, 0.1) is 0 Å². The number of sulfonamides is 1. The molecule has 2 rings (SSSR count). The molecule has 0 saturated carbocycles. The molecule has 0 atom stereocenters. The van der Waals surface area contributed by atoms with Crippen molar-refractivity contribution in [3.8, 4) is 0 Å². The number of aryl methyl sites for hydroxylation is 2. The molecule has 6 heteroatoms. The van der Waals surface area contributed by atoms with E-state index in [1.54, 1.807) is 10.4 Å². The van der Waals surface area contributed by atoms with Crippen molar-refractivity contribution in [3.05, 3.63) is 16.5 Å². The standard InChI is InChI=1S/C12H19NO3S2/c1-9-7-12(17-10(9)2)18(15,16)13-5-3-11(8-14)4-6-13/h7,11,14H,3-6,8H2,1-2H3. The Morgan fingerprint density at radius 1 is 1.39 bits per heavy atom. The highest BCUT2D eigenvalue weighted by molar-refractivity contribution is 7.91. The number of aliphatic hydroxyl groups excluding tert-OH is 1. The summed E-state index contributed by atoms with van der Waals surface area (Å²) in [5.41, 5.74) is 1.03. The van der Waals surface area contributed by atoms with Crippen molar-refractivity contribution in [2.45, 2.75) is 30.9 Å². The first-order valence-electron chi connectivity index (χ1n) is 6.13. The fourth-order valence-electron chi connectivity index (χ4n) is 2.13. The second-order valence-corrected chi connectivity index (χ2v) is 8.26. The zero-order valence-electron chi connectivity index (χ0n) is 10.7. The van der Waals surface area contributed by atoms with Crippen LogP contribution in [0.2, 0.25) is 0 Å². The van der Waals surface area contributed by atoms with Gasteiger partial charge in [-0.05, 0) is 44.2 Å². The monoisotopic (exact) mass is 289 g/mol. The lowest BCUT2D eigenvalue weighted by atomic mass is 10.00. The van der Waals surface area contributed by atoms with Crippen LogP contribution in [0.5, 0.6) is 0 Å². The second kappa shape index (κ2) is 5.28. The molecule has 1 N–H and O–H groups in total. The molecule has 0 spiro atoms. The lowest BCUT2D eigenvalue weighted by Crippen LogP contribution is -2.38. The van der Waals surface area contributed by atoms with E-state index >= 15 is 0 Å². The first-order valence-corrected chi connectivity index (χ1v) is 8.39. The Morgan fingerprint density at radius 3 is 2.44 bits per heavy atom.